The summed E-state index contributed by atoms with van der Waals surface area (Å²) in [6.07, 6.45) is 4.77. The lowest BCUT2D eigenvalue weighted by Crippen LogP contribution is -2.55. The van der Waals surface area contributed by atoms with Gasteiger partial charge in [-0.1, -0.05) is 12.8 Å². The summed E-state index contributed by atoms with van der Waals surface area (Å²) >= 11 is 0. The molecule has 6 heteroatoms. The van der Waals surface area contributed by atoms with Crippen molar-refractivity contribution < 1.29 is 19.4 Å². The lowest BCUT2D eigenvalue weighted by molar-refractivity contribution is -0.147. The number of nitrogens with zero attached hydrogens (tertiary/aromatic N) is 1. The molecular weight excluding hydrogens is 236 g/mol. The van der Waals surface area contributed by atoms with Gasteiger partial charge in [-0.2, -0.15) is 0 Å². The molecule has 0 bridgehead atoms. The Morgan fingerprint density at radius 2 is 2.17 bits per heavy atom. The molecule has 1 heterocycles. The number of ether oxygens (including phenoxy) is 1. The number of rotatable bonds is 5. The van der Waals surface area contributed by atoms with E-state index in [-0.39, 0.29) is 12.6 Å². The van der Waals surface area contributed by atoms with E-state index in [1.54, 1.807) is 0 Å². The first-order chi connectivity index (χ1) is 8.68. The molecule has 18 heavy (non-hydrogen) atoms. The van der Waals surface area contributed by atoms with Gasteiger partial charge in [-0.3, -0.25) is 0 Å². The number of amides is 2. The quantitative estimate of drug-likeness (QED) is 0.709. The Morgan fingerprint density at radius 3 is 2.83 bits per heavy atom. The minimum Gasteiger partial charge on any atom is -0.480 e. The summed E-state index contributed by atoms with van der Waals surface area (Å²) in [4.78, 5) is 24.2. The Hall–Kier alpha value is -1.30. The van der Waals surface area contributed by atoms with Crippen LogP contribution in [-0.4, -0.2) is 54.4 Å². The molecule has 0 radical (unpaired) electrons. The Labute approximate surface area is 106 Å². The zero-order valence-electron chi connectivity index (χ0n) is 10.4. The fourth-order valence-electron chi connectivity index (χ4n) is 2.15. The Bertz CT molecular complexity index is 317. The molecule has 6 nitrogen and oxygen atoms in total. The third kappa shape index (κ3) is 3.60. The molecule has 1 unspecified atom stereocenters. The molecule has 1 saturated heterocycles. The number of carboxylic acid groups (broad SMARTS) is 1. The van der Waals surface area contributed by atoms with Gasteiger partial charge in [0, 0.05) is 13.1 Å². The minimum absolute atomic E-state index is 0.0742. The zero-order chi connectivity index (χ0) is 13.0. The van der Waals surface area contributed by atoms with Gasteiger partial charge in [0.1, 0.15) is 0 Å². The summed E-state index contributed by atoms with van der Waals surface area (Å²) in [5.41, 5.74) is 0. The van der Waals surface area contributed by atoms with Crippen LogP contribution >= 0.6 is 0 Å². The lowest BCUT2D eigenvalue weighted by Gasteiger charge is -2.32. The predicted octanol–water partition coefficient (Wildman–Crippen LogP) is 0.672. The zero-order valence-corrected chi connectivity index (χ0v) is 10.4. The summed E-state index contributed by atoms with van der Waals surface area (Å²) in [5, 5.41) is 11.8. The molecule has 1 aliphatic heterocycles. The Morgan fingerprint density at radius 1 is 1.39 bits per heavy atom. The van der Waals surface area contributed by atoms with Crippen LogP contribution in [0.25, 0.3) is 0 Å². The highest BCUT2D eigenvalue weighted by Crippen LogP contribution is 2.33. The van der Waals surface area contributed by atoms with E-state index in [0.29, 0.717) is 19.7 Å². The molecule has 0 spiro atoms. The molecule has 102 valence electrons. The largest absolute Gasteiger partial charge is 0.480 e. The normalized spacial score (nSPS) is 23.8. The number of carboxylic acids is 1. The highest BCUT2D eigenvalue weighted by molar-refractivity contribution is 5.82. The van der Waals surface area contributed by atoms with E-state index in [4.69, 9.17) is 9.84 Å². The van der Waals surface area contributed by atoms with E-state index in [2.05, 4.69) is 5.32 Å². The second-order valence-electron chi connectivity index (χ2n) is 4.94. The standard InChI is InChI=1S/C12H20N2O4/c15-11(16)10-8-18-7-6-14(10)12(17)13-5-1-2-9-3-4-9/h9-10H,1-8H2,(H,13,17)(H,15,16). The maximum Gasteiger partial charge on any atom is 0.328 e. The topological polar surface area (TPSA) is 78.9 Å². The molecule has 0 aromatic heterocycles. The summed E-state index contributed by atoms with van der Waals surface area (Å²) < 4.78 is 5.09. The summed E-state index contributed by atoms with van der Waals surface area (Å²) in [5.74, 6) is -0.153. The smallest absolute Gasteiger partial charge is 0.328 e. The number of aliphatic carboxylic acids is 1. The van der Waals surface area contributed by atoms with Crippen molar-refractivity contribution in [3.8, 4) is 0 Å². The molecule has 1 atom stereocenters. The van der Waals surface area contributed by atoms with Gasteiger partial charge < -0.3 is 20.1 Å². The number of carbonyl (C=O) groups is 2. The van der Waals surface area contributed by atoms with Crippen molar-refractivity contribution >= 4 is 12.0 Å². The average Bonchev–Trinajstić information content (AvgIpc) is 3.18. The van der Waals surface area contributed by atoms with E-state index < -0.39 is 12.0 Å². The lowest BCUT2D eigenvalue weighted by atomic mass is 10.2. The van der Waals surface area contributed by atoms with Crippen molar-refractivity contribution in [1.29, 1.82) is 0 Å². The number of nitrogens with one attached hydrogen (secondary N) is 1. The second-order valence-corrected chi connectivity index (χ2v) is 4.94. The number of carbonyl (C=O) groups excluding carboxylic acids is 1. The van der Waals surface area contributed by atoms with Crippen LogP contribution in [0.4, 0.5) is 4.79 Å². The maximum absolute atomic E-state index is 11.9. The van der Waals surface area contributed by atoms with Gasteiger partial charge in [-0.25, -0.2) is 9.59 Å². The van der Waals surface area contributed by atoms with Gasteiger partial charge in [0.2, 0.25) is 0 Å². The van der Waals surface area contributed by atoms with Crippen molar-refractivity contribution in [2.45, 2.75) is 31.7 Å². The predicted molar refractivity (Wildman–Crippen MR) is 64.3 cm³/mol. The van der Waals surface area contributed by atoms with Crippen molar-refractivity contribution in [2.75, 3.05) is 26.3 Å². The maximum atomic E-state index is 11.9. The fraction of sp³-hybridized carbons (Fsp3) is 0.833. The van der Waals surface area contributed by atoms with Crippen LogP contribution in [0, 0.1) is 5.92 Å². The molecule has 1 aliphatic carbocycles. The van der Waals surface area contributed by atoms with Crippen LogP contribution in [0.3, 0.4) is 0 Å². The minimum atomic E-state index is -1.01. The number of morpholine rings is 1. The third-order valence-corrected chi connectivity index (χ3v) is 3.44. The van der Waals surface area contributed by atoms with Gasteiger partial charge >= 0.3 is 12.0 Å². The highest BCUT2D eigenvalue weighted by Gasteiger charge is 2.32. The highest BCUT2D eigenvalue weighted by atomic mass is 16.5. The van der Waals surface area contributed by atoms with E-state index in [1.807, 2.05) is 0 Å². The van der Waals surface area contributed by atoms with E-state index in [0.717, 1.165) is 18.8 Å². The Kier molecular flexibility index (Phi) is 4.41. The molecule has 2 amide bonds. The SMILES string of the molecule is O=C(O)C1COCCN1C(=O)NCCCC1CC1. The van der Waals surface area contributed by atoms with Crippen LogP contribution < -0.4 is 5.32 Å². The molecular formula is C12H20N2O4. The monoisotopic (exact) mass is 256 g/mol. The van der Waals surface area contributed by atoms with Gasteiger partial charge in [-0.05, 0) is 18.8 Å². The molecule has 2 aliphatic rings. The first-order valence-electron chi connectivity index (χ1n) is 6.53. The average molecular weight is 256 g/mol. The number of hydrogen-bond acceptors (Lipinski definition) is 3. The fourth-order valence-corrected chi connectivity index (χ4v) is 2.15. The number of hydrogen-bond donors (Lipinski definition) is 2. The summed E-state index contributed by atoms with van der Waals surface area (Å²) in [6.45, 7) is 1.44. The summed E-state index contributed by atoms with van der Waals surface area (Å²) in [6, 6.07) is -1.15. The van der Waals surface area contributed by atoms with Crippen LogP contribution in [0.2, 0.25) is 0 Å². The van der Waals surface area contributed by atoms with Gasteiger partial charge in [0.15, 0.2) is 6.04 Å². The van der Waals surface area contributed by atoms with Crippen molar-refractivity contribution in [1.82, 2.24) is 10.2 Å². The van der Waals surface area contributed by atoms with Crippen LogP contribution in [0.15, 0.2) is 0 Å². The molecule has 0 aromatic carbocycles. The van der Waals surface area contributed by atoms with Crippen LogP contribution in [0.1, 0.15) is 25.7 Å². The van der Waals surface area contributed by atoms with Crippen LogP contribution in [-0.2, 0) is 9.53 Å². The molecule has 2 N–H and O–H groups in total. The molecule has 1 saturated carbocycles. The van der Waals surface area contributed by atoms with Crippen molar-refractivity contribution in [3.63, 3.8) is 0 Å². The van der Waals surface area contributed by atoms with Crippen molar-refractivity contribution in [2.24, 2.45) is 5.92 Å². The van der Waals surface area contributed by atoms with Crippen LogP contribution in [0.5, 0.6) is 0 Å². The van der Waals surface area contributed by atoms with E-state index in [1.165, 1.54) is 17.7 Å². The van der Waals surface area contributed by atoms with E-state index >= 15 is 0 Å². The molecule has 2 rings (SSSR count). The van der Waals surface area contributed by atoms with Gasteiger partial charge in [0.25, 0.3) is 0 Å². The van der Waals surface area contributed by atoms with E-state index in [9.17, 15) is 9.59 Å². The molecule has 2 fully saturated rings. The second kappa shape index (κ2) is 6.04. The van der Waals surface area contributed by atoms with Crippen molar-refractivity contribution in [3.05, 3.63) is 0 Å². The molecule has 0 aromatic rings. The number of urea groups is 1. The first-order valence-corrected chi connectivity index (χ1v) is 6.53. The Balaban J connectivity index is 1.72. The third-order valence-electron chi connectivity index (χ3n) is 3.44. The van der Waals surface area contributed by atoms with Gasteiger partial charge in [0.05, 0.1) is 13.2 Å². The first kappa shape index (κ1) is 13.1. The summed E-state index contributed by atoms with van der Waals surface area (Å²) in [7, 11) is 0. The van der Waals surface area contributed by atoms with Gasteiger partial charge in [-0.15, -0.1) is 0 Å².